The molecule has 142 valence electrons. The molecular formula is C16H25F2IN4O2. The number of benzene rings is 1. The van der Waals surface area contributed by atoms with Gasteiger partial charge < -0.3 is 20.3 Å². The van der Waals surface area contributed by atoms with Gasteiger partial charge in [0.2, 0.25) is 5.91 Å². The third-order valence-electron chi connectivity index (χ3n) is 3.07. The summed E-state index contributed by atoms with van der Waals surface area (Å²) in [5.41, 5.74) is 0.555. The SMILES string of the molecule is CCNC(=NCc1ccccc1OC(F)F)NCCC(=O)N(C)C.I. The van der Waals surface area contributed by atoms with Gasteiger partial charge in [-0.2, -0.15) is 8.78 Å². The molecule has 0 aliphatic carbocycles. The predicted molar refractivity (Wildman–Crippen MR) is 105 cm³/mol. The van der Waals surface area contributed by atoms with Crippen molar-refractivity contribution in [2.24, 2.45) is 4.99 Å². The van der Waals surface area contributed by atoms with Crippen molar-refractivity contribution in [2.45, 2.75) is 26.5 Å². The van der Waals surface area contributed by atoms with Crippen LogP contribution >= 0.6 is 24.0 Å². The number of carbonyl (C=O) groups excluding carboxylic acids is 1. The van der Waals surface area contributed by atoms with Crippen LogP contribution in [0.15, 0.2) is 29.3 Å². The second-order valence-electron chi connectivity index (χ2n) is 5.15. The Morgan fingerprint density at radius 3 is 2.56 bits per heavy atom. The molecule has 1 amide bonds. The molecule has 0 saturated heterocycles. The first-order valence-electron chi connectivity index (χ1n) is 7.69. The van der Waals surface area contributed by atoms with Crippen LogP contribution in [-0.4, -0.2) is 50.6 Å². The molecule has 0 aromatic heterocycles. The van der Waals surface area contributed by atoms with E-state index in [1.54, 1.807) is 32.3 Å². The van der Waals surface area contributed by atoms with E-state index in [1.807, 2.05) is 6.92 Å². The number of amides is 1. The van der Waals surface area contributed by atoms with Gasteiger partial charge in [-0.15, -0.1) is 24.0 Å². The van der Waals surface area contributed by atoms with Gasteiger partial charge in [-0.1, -0.05) is 18.2 Å². The molecule has 0 aliphatic heterocycles. The number of ether oxygens (including phenoxy) is 1. The molecule has 1 aromatic rings. The minimum absolute atomic E-state index is 0. The molecule has 0 atom stereocenters. The lowest BCUT2D eigenvalue weighted by Gasteiger charge is -2.14. The molecule has 0 fully saturated rings. The van der Waals surface area contributed by atoms with Gasteiger partial charge in [0.05, 0.1) is 6.54 Å². The summed E-state index contributed by atoms with van der Waals surface area (Å²) in [6.45, 7) is 0.287. The summed E-state index contributed by atoms with van der Waals surface area (Å²) in [5.74, 6) is 0.625. The summed E-state index contributed by atoms with van der Waals surface area (Å²) in [7, 11) is 3.39. The van der Waals surface area contributed by atoms with Crippen molar-refractivity contribution < 1.29 is 18.3 Å². The highest BCUT2D eigenvalue weighted by molar-refractivity contribution is 14.0. The number of rotatable bonds is 8. The second kappa shape index (κ2) is 12.7. The van der Waals surface area contributed by atoms with Gasteiger partial charge in [0.25, 0.3) is 0 Å². The van der Waals surface area contributed by atoms with Gasteiger partial charge in [0.15, 0.2) is 5.96 Å². The van der Waals surface area contributed by atoms with Crippen molar-refractivity contribution >= 4 is 35.8 Å². The van der Waals surface area contributed by atoms with E-state index >= 15 is 0 Å². The summed E-state index contributed by atoms with van der Waals surface area (Å²) in [4.78, 5) is 17.4. The number of alkyl halides is 2. The van der Waals surface area contributed by atoms with E-state index in [4.69, 9.17) is 0 Å². The number of hydrogen-bond donors (Lipinski definition) is 2. The molecule has 0 heterocycles. The molecule has 2 N–H and O–H groups in total. The van der Waals surface area contributed by atoms with Gasteiger partial charge in [0.1, 0.15) is 5.75 Å². The van der Waals surface area contributed by atoms with Crippen LogP contribution in [0.4, 0.5) is 8.78 Å². The van der Waals surface area contributed by atoms with Crippen LogP contribution in [-0.2, 0) is 11.3 Å². The molecule has 0 unspecified atom stereocenters. The molecule has 0 bridgehead atoms. The maximum atomic E-state index is 12.4. The minimum atomic E-state index is -2.88. The number of halogens is 3. The molecule has 25 heavy (non-hydrogen) atoms. The smallest absolute Gasteiger partial charge is 0.387 e. The number of carbonyl (C=O) groups is 1. The summed E-state index contributed by atoms with van der Waals surface area (Å²) >= 11 is 0. The highest BCUT2D eigenvalue weighted by Gasteiger charge is 2.09. The second-order valence-corrected chi connectivity index (χ2v) is 5.15. The fourth-order valence-corrected chi connectivity index (χ4v) is 1.86. The van der Waals surface area contributed by atoms with Gasteiger partial charge in [0, 0.05) is 39.2 Å². The van der Waals surface area contributed by atoms with Crippen molar-refractivity contribution in [1.82, 2.24) is 15.5 Å². The van der Waals surface area contributed by atoms with Crippen molar-refractivity contribution in [3.8, 4) is 5.75 Å². The largest absolute Gasteiger partial charge is 0.434 e. The van der Waals surface area contributed by atoms with Crippen LogP contribution in [0.25, 0.3) is 0 Å². The Balaban J connectivity index is 0.00000576. The molecular weight excluding hydrogens is 445 g/mol. The fourth-order valence-electron chi connectivity index (χ4n) is 1.86. The zero-order valence-electron chi connectivity index (χ0n) is 14.6. The van der Waals surface area contributed by atoms with E-state index in [9.17, 15) is 13.6 Å². The van der Waals surface area contributed by atoms with Crippen LogP contribution in [0.2, 0.25) is 0 Å². The predicted octanol–water partition coefficient (Wildman–Crippen LogP) is 2.44. The Labute approximate surface area is 164 Å². The van der Waals surface area contributed by atoms with E-state index in [0.29, 0.717) is 31.0 Å². The average Bonchev–Trinajstić information content (AvgIpc) is 2.53. The quantitative estimate of drug-likeness (QED) is 0.348. The van der Waals surface area contributed by atoms with Crippen LogP contribution in [0, 0.1) is 0 Å². The van der Waals surface area contributed by atoms with E-state index in [-0.39, 0.29) is 42.2 Å². The van der Waals surface area contributed by atoms with Gasteiger partial charge in [-0.05, 0) is 13.0 Å². The lowest BCUT2D eigenvalue weighted by molar-refractivity contribution is -0.128. The standard InChI is InChI=1S/C16H24F2N4O2.HI/c1-4-19-16(20-10-9-14(23)22(2)3)21-11-12-7-5-6-8-13(12)24-15(17)18;/h5-8,15H,4,9-11H2,1-3H3,(H2,19,20,21);1H. The molecule has 0 spiro atoms. The first kappa shape index (κ1) is 23.4. The number of hydrogen-bond acceptors (Lipinski definition) is 3. The molecule has 0 aliphatic rings. The third kappa shape index (κ3) is 9.42. The molecule has 0 radical (unpaired) electrons. The topological polar surface area (TPSA) is 66.0 Å². The highest BCUT2D eigenvalue weighted by atomic mass is 127. The Hall–Kier alpha value is -1.65. The van der Waals surface area contributed by atoms with Crippen LogP contribution in [0.5, 0.6) is 5.75 Å². The first-order chi connectivity index (χ1) is 11.4. The molecule has 6 nitrogen and oxygen atoms in total. The van der Waals surface area contributed by atoms with Gasteiger partial charge in [-0.3, -0.25) is 4.79 Å². The Kier molecular flexibility index (Phi) is 11.8. The van der Waals surface area contributed by atoms with E-state index in [1.165, 1.54) is 11.0 Å². The lowest BCUT2D eigenvalue weighted by Crippen LogP contribution is -2.39. The summed E-state index contributed by atoms with van der Waals surface area (Å²) in [5, 5.41) is 6.08. The normalized spacial score (nSPS) is 10.9. The van der Waals surface area contributed by atoms with Crippen molar-refractivity contribution in [3.05, 3.63) is 29.8 Å². The molecule has 9 heteroatoms. The highest BCUT2D eigenvalue weighted by Crippen LogP contribution is 2.20. The summed E-state index contributed by atoms with van der Waals surface area (Å²) in [6.07, 6.45) is 0.336. The minimum Gasteiger partial charge on any atom is -0.434 e. The van der Waals surface area contributed by atoms with Crippen molar-refractivity contribution in [3.63, 3.8) is 0 Å². The molecule has 1 rings (SSSR count). The van der Waals surface area contributed by atoms with Crippen LogP contribution in [0.1, 0.15) is 18.9 Å². The fraction of sp³-hybridized carbons (Fsp3) is 0.500. The number of guanidine groups is 1. The molecule has 0 saturated carbocycles. The van der Waals surface area contributed by atoms with Crippen LogP contribution in [0.3, 0.4) is 0 Å². The Morgan fingerprint density at radius 2 is 1.96 bits per heavy atom. The Bertz CT molecular complexity index is 557. The van der Waals surface area contributed by atoms with Crippen LogP contribution < -0.4 is 15.4 Å². The monoisotopic (exact) mass is 470 g/mol. The van der Waals surface area contributed by atoms with Gasteiger partial charge >= 0.3 is 6.61 Å². The zero-order chi connectivity index (χ0) is 17.9. The maximum Gasteiger partial charge on any atom is 0.387 e. The third-order valence-corrected chi connectivity index (χ3v) is 3.07. The number of nitrogens with one attached hydrogen (secondary N) is 2. The number of para-hydroxylation sites is 1. The van der Waals surface area contributed by atoms with E-state index in [0.717, 1.165) is 0 Å². The van der Waals surface area contributed by atoms with Crippen molar-refractivity contribution in [2.75, 3.05) is 27.2 Å². The average molecular weight is 470 g/mol. The first-order valence-corrected chi connectivity index (χ1v) is 7.69. The van der Waals surface area contributed by atoms with Gasteiger partial charge in [-0.25, -0.2) is 4.99 Å². The summed E-state index contributed by atoms with van der Waals surface area (Å²) < 4.78 is 29.3. The lowest BCUT2D eigenvalue weighted by atomic mass is 10.2. The molecule has 1 aromatic carbocycles. The Morgan fingerprint density at radius 1 is 1.28 bits per heavy atom. The summed E-state index contributed by atoms with van der Waals surface area (Å²) in [6, 6.07) is 6.52. The zero-order valence-corrected chi connectivity index (χ0v) is 16.9. The number of aliphatic imine (C=N–C) groups is 1. The van der Waals surface area contributed by atoms with Crippen molar-refractivity contribution in [1.29, 1.82) is 0 Å². The maximum absolute atomic E-state index is 12.4. The number of nitrogens with zero attached hydrogens (tertiary/aromatic N) is 2. The van der Waals surface area contributed by atoms with E-state index in [2.05, 4.69) is 20.4 Å². The van der Waals surface area contributed by atoms with E-state index < -0.39 is 6.61 Å².